The van der Waals surface area contributed by atoms with E-state index >= 15 is 0 Å². The Hall–Kier alpha value is -1.49. The van der Waals surface area contributed by atoms with Gasteiger partial charge in [-0.25, -0.2) is 14.4 Å². The second-order valence-corrected chi connectivity index (χ2v) is 4.64. The van der Waals surface area contributed by atoms with Crippen molar-refractivity contribution in [2.45, 2.75) is 13.3 Å². The number of benzene rings is 1. The minimum absolute atomic E-state index is 0.0930. The normalized spacial score (nSPS) is 10.5. The first kappa shape index (κ1) is 12.0. The quantitative estimate of drug-likeness (QED) is 0.927. The zero-order valence-electron chi connectivity index (χ0n) is 9.24. The molecule has 17 heavy (non-hydrogen) atoms. The third kappa shape index (κ3) is 2.79. The molecular weight excluding hydrogens is 285 g/mol. The van der Waals surface area contributed by atoms with Gasteiger partial charge in [-0.1, -0.05) is 28.1 Å². The number of anilines is 1. The van der Waals surface area contributed by atoms with Gasteiger partial charge < -0.3 is 5.73 Å². The van der Waals surface area contributed by atoms with Gasteiger partial charge in [-0.2, -0.15) is 0 Å². The second-order valence-electron chi connectivity index (χ2n) is 3.73. The zero-order valence-corrected chi connectivity index (χ0v) is 10.8. The Kier molecular flexibility index (Phi) is 3.38. The zero-order chi connectivity index (χ0) is 12.4. The van der Waals surface area contributed by atoms with Crippen LogP contribution in [0.5, 0.6) is 0 Å². The maximum Gasteiger partial charge on any atom is 0.186 e. The Morgan fingerprint density at radius 2 is 1.88 bits per heavy atom. The minimum Gasteiger partial charge on any atom is -0.381 e. The third-order valence-electron chi connectivity index (χ3n) is 2.36. The van der Waals surface area contributed by atoms with Gasteiger partial charge in [0.05, 0.1) is 5.69 Å². The summed E-state index contributed by atoms with van der Waals surface area (Å²) in [5.41, 5.74) is 6.80. The maximum absolute atomic E-state index is 13.2. The SMILES string of the molecule is Cc1nc(Cc2ccc(Br)cc2)nc(N)c1F. The largest absolute Gasteiger partial charge is 0.381 e. The predicted molar refractivity (Wildman–Crippen MR) is 68.1 cm³/mol. The number of aromatic nitrogens is 2. The molecule has 0 saturated heterocycles. The monoisotopic (exact) mass is 295 g/mol. The predicted octanol–water partition coefficient (Wildman–Crippen LogP) is 2.86. The van der Waals surface area contributed by atoms with Gasteiger partial charge >= 0.3 is 0 Å². The van der Waals surface area contributed by atoms with E-state index in [2.05, 4.69) is 25.9 Å². The second kappa shape index (κ2) is 4.79. The molecule has 0 spiro atoms. The summed E-state index contributed by atoms with van der Waals surface area (Å²) < 4.78 is 14.3. The van der Waals surface area contributed by atoms with Gasteiger partial charge in [0.2, 0.25) is 0 Å². The van der Waals surface area contributed by atoms with Crippen LogP contribution in [0, 0.1) is 12.7 Å². The first-order valence-electron chi connectivity index (χ1n) is 5.09. The topological polar surface area (TPSA) is 51.8 Å². The molecular formula is C12H11BrFN3. The van der Waals surface area contributed by atoms with E-state index in [1.807, 2.05) is 24.3 Å². The minimum atomic E-state index is -0.537. The number of aryl methyl sites for hydroxylation is 1. The third-order valence-corrected chi connectivity index (χ3v) is 2.89. The molecule has 5 heteroatoms. The average Bonchev–Trinajstić information content (AvgIpc) is 2.29. The summed E-state index contributed by atoms with van der Waals surface area (Å²) in [6, 6.07) is 7.80. The molecule has 2 rings (SSSR count). The number of nitrogen functional groups attached to an aromatic ring is 1. The van der Waals surface area contributed by atoms with Crippen LogP contribution in [0.4, 0.5) is 10.2 Å². The number of nitrogens with two attached hydrogens (primary N) is 1. The summed E-state index contributed by atoms with van der Waals surface area (Å²) in [5, 5.41) is 0. The highest BCUT2D eigenvalue weighted by Crippen LogP contribution is 2.15. The molecule has 0 amide bonds. The van der Waals surface area contributed by atoms with Crippen molar-refractivity contribution >= 4 is 21.7 Å². The molecule has 1 aromatic heterocycles. The van der Waals surface area contributed by atoms with Gasteiger partial charge in [0.1, 0.15) is 5.82 Å². The number of hydrogen-bond donors (Lipinski definition) is 1. The van der Waals surface area contributed by atoms with Crippen molar-refractivity contribution in [3.8, 4) is 0 Å². The van der Waals surface area contributed by atoms with E-state index in [0.717, 1.165) is 10.0 Å². The van der Waals surface area contributed by atoms with Gasteiger partial charge in [-0.3, -0.25) is 0 Å². The van der Waals surface area contributed by atoms with Crippen molar-refractivity contribution in [3.05, 3.63) is 51.6 Å². The van der Waals surface area contributed by atoms with Gasteiger partial charge in [0, 0.05) is 10.9 Å². The van der Waals surface area contributed by atoms with Gasteiger partial charge in [0.25, 0.3) is 0 Å². The molecule has 88 valence electrons. The van der Waals surface area contributed by atoms with Crippen LogP contribution < -0.4 is 5.73 Å². The molecule has 0 aliphatic carbocycles. The van der Waals surface area contributed by atoms with Crippen LogP contribution in [0.2, 0.25) is 0 Å². The van der Waals surface area contributed by atoms with Crippen molar-refractivity contribution in [1.82, 2.24) is 9.97 Å². The van der Waals surface area contributed by atoms with Crippen LogP contribution >= 0.6 is 15.9 Å². The van der Waals surface area contributed by atoms with Crippen LogP contribution in [-0.4, -0.2) is 9.97 Å². The van der Waals surface area contributed by atoms with Crippen LogP contribution in [0.15, 0.2) is 28.7 Å². The molecule has 1 heterocycles. The lowest BCUT2D eigenvalue weighted by atomic mass is 10.1. The fourth-order valence-electron chi connectivity index (χ4n) is 1.51. The summed E-state index contributed by atoms with van der Waals surface area (Å²) in [5.74, 6) is -0.0992. The van der Waals surface area contributed by atoms with E-state index in [0.29, 0.717) is 12.2 Å². The smallest absolute Gasteiger partial charge is 0.186 e. The van der Waals surface area contributed by atoms with E-state index in [9.17, 15) is 4.39 Å². The number of halogens is 2. The van der Waals surface area contributed by atoms with Crippen molar-refractivity contribution in [1.29, 1.82) is 0 Å². The first-order valence-corrected chi connectivity index (χ1v) is 5.88. The summed E-state index contributed by atoms with van der Waals surface area (Å²) in [6.07, 6.45) is 0.540. The molecule has 1 aromatic carbocycles. The lowest BCUT2D eigenvalue weighted by Gasteiger charge is -2.05. The molecule has 0 aliphatic heterocycles. The highest BCUT2D eigenvalue weighted by atomic mass is 79.9. The first-order chi connectivity index (χ1) is 8.06. The van der Waals surface area contributed by atoms with E-state index in [4.69, 9.17) is 5.73 Å². The Bertz CT molecular complexity index is 517. The molecule has 0 radical (unpaired) electrons. The fourth-order valence-corrected chi connectivity index (χ4v) is 1.77. The molecule has 3 nitrogen and oxygen atoms in total. The molecule has 0 aliphatic rings. The van der Waals surface area contributed by atoms with Gasteiger partial charge in [0.15, 0.2) is 11.6 Å². The summed E-state index contributed by atoms with van der Waals surface area (Å²) in [7, 11) is 0. The maximum atomic E-state index is 13.2. The molecule has 0 saturated carbocycles. The van der Waals surface area contributed by atoms with E-state index in [1.54, 1.807) is 6.92 Å². The summed E-state index contributed by atoms with van der Waals surface area (Å²) >= 11 is 3.36. The van der Waals surface area contributed by atoms with Crippen molar-refractivity contribution in [2.75, 3.05) is 5.73 Å². The van der Waals surface area contributed by atoms with E-state index < -0.39 is 5.82 Å². The van der Waals surface area contributed by atoms with Crippen LogP contribution in [0.1, 0.15) is 17.1 Å². The lowest BCUT2D eigenvalue weighted by Crippen LogP contribution is -2.06. The Balaban J connectivity index is 2.27. The molecule has 2 aromatic rings. The van der Waals surface area contributed by atoms with Crippen LogP contribution in [-0.2, 0) is 6.42 Å². The molecule has 0 bridgehead atoms. The lowest BCUT2D eigenvalue weighted by molar-refractivity contribution is 0.603. The summed E-state index contributed by atoms with van der Waals surface area (Å²) in [4.78, 5) is 8.00. The number of hydrogen-bond acceptors (Lipinski definition) is 3. The Morgan fingerprint density at radius 1 is 1.24 bits per heavy atom. The molecule has 2 N–H and O–H groups in total. The van der Waals surface area contributed by atoms with Gasteiger partial charge in [-0.15, -0.1) is 0 Å². The Labute approximate surface area is 107 Å². The van der Waals surface area contributed by atoms with E-state index in [-0.39, 0.29) is 11.5 Å². The van der Waals surface area contributed by atoms with Gasteiger partial charge in [-0.05, 0) is 24.6 Å². The van der Waals surface area contributed by atoms with Crippen molar-refractivity contribution < 1.29 is 4.39 Å². The van der Waals surface area contributed by atoms with Crippen LogP contribution in [0.3, 0.4) is 0 Å². The highest BCUT2D eigenvalue weighted by Gasteiger charge is 2.08. The van der Waals surface area contributed by atoms with Crippen LogP contribution in [0.25, 0.3) is 0 Å². The fraction of sp³-hybridized carbons (Fsp3) is 0.167. The number of nitrogens with zero attached hydrogens (tertiary/aromatic N) is 2. The van der Waals surface area contributed by atoms with Crippen molar-refractivity contribution in [2.24, 2.45) is 0 Å². The highest BCUT2D eigenvalue weighted by molar-refractivity contribution is 9.10. The molecule has 0 unspecified atom stereocenters. The van der Waals surface area contributed by atoms with E-state index in [1.165, 1.54) is 0 Å². The molecule has 0 fully saturated rings. The number of rotatable bonds is 2. The van der Waals surface area contributed by atoms with Crippen molar-refractivity contribution in [3.63, 3.8) is 0 Å². The summed E-state index contributed by atoms with van der Waals surface area (Å²) in [6.45, 7) is 1.58. The standard InChI is InChI=1S/C12H11BrFN3/c1-7-11(14)12(15)17-10(16-7)6-8-2-4-9(13)5-3-8/h2-5H,6H2,1H3,(H2,15,16,17). The Morgan fingerprint density at radius 3 is 2.47 bits per heavy atom. The molecule has 0 atom stereocenters. The average molecular weight is 296 g/mol.